The number of aliphatic hydroxyl groups excluding tert-OH is 1. The fraction of sp³-hybridized carbons (Fsp3) is 0.857. The molecule has 0 aliphatic carbocycles. The van der Waals surface area contributed by atoms with Crippen LogP contribution in [0.1, 0.15) is 19.8 Å². The lowest BCUT2D eigenvalue weighted by Gasteiger charge is -2.30. The van der Waals surface area contributed by atoms with E-state index in [1.54, 1.807) is 6.92 Å². The molecule has 1 aliphatic rings. The first-order valence-corrected chi connectivity index (χ1v) is 3.71. The first-order chi connectivity index (χ1) is 5.10. The molecule has 4 heteroatoms. The van der Waals surface area contributed by atoms with E-state index in [9.17, 15) is 4.79 Å². The molecule has 1 unspecified atom stereocenters. The summed E-state index contributed by atoms with van der Waals surface area (Å²) in [4.78, 5) is 11.9. The molecule has 1 atom stereocenters. The second-order valence-electron chi connectivity index (χ2n) is 3.19. The number of aliphatic hydroxyl groups is 1. The van der Waals surface area contributed by atoms with E-state index < -0.39 is 11.6 Å². The molecular weight excluding hydrogens is 146 g/mol. The first kappa shape index (κ1) is 8.33. The summed E-state index contributed by atoms with van der Waals surface area (Å²) >= 11 is 0. The van der Waals surface area contributed by atoms with E-state index in [0.717, 1.165) is 12.8 Å². The van der Waals surface area contributed by atoms with Crippen LogP contribution in [0.4, 0.5) is 4.79 Å². The summed E-state index contributed by atoms with van der Waals surface area (Å²) in [6, 6.07) is 0. The molecule has 1 fully saturated rings. The van der Waals surface area contributed by atoms with Crippen molar-refractivity contribution in [3.8, 4) is 0 Å². The zero-order valence-electron chi connectivity index (χ0n) is 6.58. The number of likely N-dealkylation sites (tertiary alicyclic amines) is 1. The Hall–Kier alpha value is -0.770. The minimum Gasteiger partial charge on any atom is -0.465 e. The van der Waals surface area contributed by atoms with Crippen LogP contribution in [0.15, 0.2) is 0 Å². The number of nitrogens with zero attached hydrogens (tertiary/aromatic N) is 1. The van der Waals surface area contributed by atoms with E-state index >= 15 is 0 Å². The SMILES string of the molecule is CC1(CO)CCCN1C(=O)O. The van der Waals surface area contributed by atoms with Gasteiger partial charge in [0.2, 0.25) is 0 Å². The van der Waals surface area contributed by atoms with Crippen LogP contribution < -0.4 is 0 Å². The van der Waals surface area contributed by atoms with Gasteiger partial charge in [0.1, 0.15) is 0 Å². The highest BCUT2D eigenvalue weighted by molar-refractivity contribution is 5.66. The fourth-order valence-electron chi connectivity index (χ4n) is 1.51. The van der Waals surface area contributed by atoms with E-state index in [2.05, 4.69) is 0 Å². The number of carboxylic acid groups (broad SMARTS) is 1. The Bertz CT molecular complexity index is 171. The van der Waals surface area contributed by atoms with Gasteiger partial charge < -0.3 is 15.1 Å². The van der Waals surface area contributed by atoms with Gasteiger partial charge in [0.25, 0.3) is 0 Å². The van der Waals surface area contributed by atoms with Gasteiger partial charge in [0.15, 0.2) is 0 Å². The van der Waals surface area contributed by atoms with Crippen LogP contribution in [0.2, 0.25) is 0 Å². The molecule has 1 amide bonds. The Balaban J connectivity index is 2.72. The average molecular weight is 159 g/mol. The number of hydrogen-bond donors (Lipinski definition) is 2. The topological polar surface area (TPSA) is 60.8 Å². The zero-order valence-corrected chi connectivity index (χ0v) is 6.58. The van der Waals surface area contributed by atoms with E-state index in [-0.39, 0.29) is 6.61 Å². The average Bonchev–Trinajstić information content (AvgIpc) is 2.32. The Kier molecular flexibility index (Phi) is 2.04. The van der Waals surface area contributed by atoms with Crippen LogP contribution in [0, 0.1) is 0 Å². The standard InChI is InChI=1S/C7H13NO3/c1-7(5-9)3-2-4-8(7)6(10)11/h9H,2-5H2,1H3,(H,10,11). The molecule has 0 radical (unpaired) electrons. The molecule has 1 rings (SSSR count). The third kappa shape index (κ3) is 1.30. The monoisotopic (exact) mass is 159 g/mol. The molecule has 1 aliphatic heterocycles. The Morgan fingerprint density at radius 3 is 2.73 bits per heavy atom. The molecule has 4 nitrogen and oxygen atoms in total. The molecule has 11 heavy (non-hydrogen) atoms. The third-order valence-electron chi connectivity index (χ3n) is 2.32. The van der Waals surface area contributed by atoms with Crippen molar-refractivity contribution in [1.82, 2.24) is 4.90 Å². The quantitative estimate of drug-likeness (QED) is 0.586. The van der Waals surface area contributed by atoms with Gasteiger partial charge in [-0.15, -0.1) is 0 Å². The molecule has 1 heterocycles. The molecule has 0 aromatic rings. The van der Waals surface area contributed by atoms with Gasteiger partial charge in [-0.25, -0.2) is 4.79 Å². The van der Waals surface area contributed by atoms with Gasteiger partial charge in [0, 0.05) is 6.54 Å². The van der Waals surface area contributed by atoms with Gasteiger partial charge in [0.05, 0.1) is 12.1 Å². The minimum atomic E-state index is -0.931. The highest BCUT2D eigenvalue weighted by Crippen LogP contribution is 2.27. The molecule has 0 aromatic carbocycles. The van der Waals surface area contributed by atoms with Crippen LogP contribution in [0.25, 0.3) is 0 Å². The van der Waals surface area contributed by atoms with E-state index in [4.69, 9.17) is 10.2 Å². The largest absolute Gasteiger partial charge is 0.465 e. The summed E-state index contributed by atoms with van der Waals surface area (Å²) in [6.45, 7) is 2.24. The lowest BCUT2D eigenvalue weighted by molar-refractivity contribution is 0.0709. The van der Waals surface area contributed by atoms with Gasteiger partial charge >= 0.3 is 6.09 Å². The third-order valence-corrected chi connectivity index (χ3v) is 2.32. The van der Waals surface area contributed by atoms with Crippen molar-refractivity contribution in [2.24, 2.45) is 0 Å². The van der Waals surface area contributed by atoms with Crippen molar-refractivity contribution >= 4 is 6.09 Å². The van der Waals surface area contributed by atoms with Crippen molar-refractivity contribution in [1.29, 1.82) is 0 Å². The van der Waals surface area contributed by atoms with E-state index in [0.29, 0.717) is 6.54 Å². The lowest BCUT2D eigenvalue weighted by atomic mass is 10.0. The second kappa shape index (κ2) is 2.70. The highest BCUT2D eigenvalue weighted by Gasteiger charge is 2.38. The minimum absolute atomic E-state index is 0.0840. The summed E-state index contributed by atoms with van der Waals surface area (Å²) in [5.74, 6) is 0. The maximum absolute atomic E-state index is 10.6. The number of hydrogen-bond acceptors (Lipinski definition) is 2. The second-order valence-corrected chi connectivity index (χ2v) is 3.19. The molecule has 0 bridgehead atoms. The Morgan fingerprint density at radius 1 is 1.73 bits per heavy atom. The zero-order chi connectivity index (χ0) is 8.48. The molecular formula is C7H13NO3. The van der Waals surface area contributed by atoms with Crippen LogP contribution in [0.3, 0.4) is 0 Å². The Morgan fingerprint density at radius 2 is 2.36 bits per heavy atom. The van der Waals surface area contributed by atoms with Gasteiger partial charge in [-0.3, -0.25) is 0 Å². The number of amides is 1. The van der Waals surface area contributed by atoms with Crippen molar-refractivity contribution in [3.05, 3.63) is 0 Å². The van der Waals surface area contributed by atoms with Crippen molar-refractivity contribution in [2.75, 3.05) is 13.2 Å². The van der Waals surface area contributed by atoms with Crippen molar-refractivity contribution in [2.45, 2.75) is 25.3 Å². The summed E-state index contributed by atoms with van der Waals surface area (Å²) in [6.07, 6.45) is 0.679. The fourth-order valence-corrected chi connectivity index (χ4v) is 1.51. The smallest absolute Gasteiger partial charge is 0.407 e. The van der Waals surface area contributed by atoms with E-state index in [1.165, 1.54) is 4.90 Å². The Labute approximate surface area is 65.4 Å². The summed E-state index contributed by atoms with van der Waals surface area (Å²) in [7, 11) is 0. The molecule has 1 saturated heterocycles. The predicted octanol–water partition coefficient (Wildman–Crippen LogP) is 0.511. The molecule has 64 valence electrons. The summed E-state index contributed by atoms with van der Waals surface area (Å²) in [5, 5.41) is 17.6. The molecule has 0 saturated carbocycles. The first-order valence-electron chi connectivity index (χ1n) is 3.71. The highest BCUT2D eigenvalue weighted by atomic mass is 16.4. The van der Waals surface area contributed by atoms with Gasteiger partial charge in [-0.05, 0) is 19.8 Å². The lowest BCUT2D eigenvalue weighted by Crippen LogP contribution is -2.46. The van der Waals surface area contributed by atoms with E-state index in [1.807, 2.05) is 0 Å². The van der Waals surface area contributed by atoms with Crippen LogP contribution >= 0.6 is 0 Å². The molecule has 2 N–H and O–H groups in total. The van der Waals surface area contributed by atoms with Crippen molar-refractivity contribution in [3.63, 3.8) is 0 Å². The van der Waals surface area contributed by atoms with Gasteiger partial charge in [-0.2, -0.15) is 0 Å². The normalized spacial score (nSPS) is 30.9. The van der Waals surface area contributed by atoms with Crippen molar-refractivity contribution < 1.29 is 15.0 Å². The number of rotatable bonds is 1. The summed E-state index contributed by atoms with van der Waals surface area (Å²) in [5.41, 5.74) is -0.536. The maximum atomic E-state index is 10.6. The predicted molar refractivity (Wildman–Crippen MR) is 39.5 cm³/mol. The van der Waals surface area contributed by atoms with Gasteiger partial charge in [-0.1, -0.05) is 0 Å². The number of carbonyl (C=O) groups is 1. The maximum Gasteiger partial charge on any atom is 0.407 e. The van der Waals surface area contributed by atoms with Crippen LogP contribution in [-0.4, -0.2) is 39.9 Å². The molecule has 0 spiro atoms. The van der Waals surface area contributed by atoms with Crippen LogP contribution in [0.5, 0.6) is 0 Å². The van der Waals surface area contributed by atoms with Crippen LogP contribution in [-0.2, 0) is 0 Å². The molecule has 0 aromatic heterocycles. The summed E-state index contributed by atoms with van der Waals surface area (Å²) < 4.78 is 0.